The van der Waals surface area contributed by atoms with Gasteiger partial charge < -0.3 is 20.5 Å². The zero-order chi connectivity index (χ0) is 17.6. The minimum atomic E-state index is -0.731. The summed E-state index contributed by atoms with van der Waals surface area (Å²) >= 11 is 0. The zero-order valence-corrected chi connectivity index (χ0v) is 14.9. The maximum atomic E-state index is 12.3. The monoisotopic (exact) mass is 346 g/mol. The Morgan fingerprint density at radius 3 is 2.28 bits per heavy atom. The second kappa shape index (κ2) is 8.19. The van der Waals surface area contributed by atoms with Gasteiger partial charge >= 0.3 is 6.03 Å². The first kappa shape index (κ1) is 18.2. The molecule has 2 fully saturated rings. The van der Waals surface area contributed by atoms with E-state index in [1.807, 2.05) is 18.2 Å². The lowest BCUT2D eigenvalue weighted by atomic mass is 9.74. The number of hydrogen-bond acceptors (Lipinski definition) is 3. The van der Waals surface area contributed by atoms with Crippen LogP contribution in [0.1, 0.15) is 50.5 Å². The van der Waals surface area contributed by atoms with Crippen LogP contribution in [0.15, 0.2) is 30.3 Å². The van der Waals surface area contributed by atoms with Crippen LogP contribution in [0.5, 0.6) is 0 Å². The quantitative estimate of drug-likeness (QED) is 0.768. The van der Waals surface area contributed by atoms with Crippen LogP contribution in [-0.4, -0.2) is 43.0 Å². The highest BCUT2D eigenvalue weighted by atomic mass is 16.5. The summed E-state index contributed by atoms with van der Waals surface area (Å²) in [7, 11) is 0. The lowest BCUT2D eigenvalue weighted by Gasteiger charge is -2.38. The largest absolute Gasteiger partial charge is 0.388 e. The normalized spacial score (nSPS) is 22.1. The first-order chi connectivity index (χ1) is 12.1. The Hall–Kier alpha value is -1.59. The molecule has 1 saturated heterocycles. The number of carbonyl (C=O) groups is 1. The van der Waals surface area contributed by atoms with Crippen LogP contribution >= 0.6 is 0 Å². The van der Waals surface area contributed by atoms with Crippen molar-refractivity contribution in [1.82, 2.24) is 10.6 Å². The van der Waals surface area contributed by atoms with Crippen LogP contribution < -0.4 is 10.6 Å². The summed E-state index contributed by atoms with van der Waals surface area (Å²) in [5.41, 5.74) is 0.453. The van der Waals surface area contributed by atoms with Gasteiger partial charge in [-0.2, -0.15) is 0 Å². The van der Waals surface area contributed by atoms with Gasteiger partial charge in [0.2, 0.25) is 0 Å². The van der Waals surface area contributed by atoms with Crippen molar-refractivity contribution in [3.63, 3.8) is 0 Å². The third kappa shape index (κ3) is 4.73. The van der Waals surface area contributed by atoms with Crippen LogP contribution in [0.25, 0.3) is 0 Å². The molecule has 138 valence electrons. The molecule has 2 amide bonds. The van der Waals surface area contributed by atoms with Crippen LogP contribution in [0.4, 0.5) is 4.79 Å². The van der Waals surface area contributed by atoms with Crippen LogP contribution in [-0.2, 0) is 10.2 Å². The van der Waals surface area contributed by atoms with Gasteiger partial charge in [-0.1, -0.05) is 49.6 Å². The molecule has 0 aromatic heterocycles. The fraction of sp³-hybridized carbons (Fsp3) is 0.650. The average molecular weight is 346 g/mol. The molecule has 5 nitrogen and oxygen atoms in total. The number of aliphatic hydroxyl groups is 1. The van der Waals surface area contributed by atoms with E-state index < -0.39 is 5.60 Å². The summed E-state index contributed by atoms with van der Waals surface area (Å²) in [4.78, 5) is 12.3. The highest BCUT2D eigenvalue weighted by molar-refractivity contribution is 5.74. The van der Waals surface area contributed by atoms with Gasteiger partial charge in [0.15, 0.2) is 0 Å². The standard InChI is InChI=1S/C20H30N2O3/c23-18(22-16-20(24)9-5-2-6-10-20)21-15-19(11-13-25-14-12-19)17-7-3-1-4-8-17/h1,3-4,7-8,24H,2,5-6,9-16H2,(H2,21,22,23). The van der Waals surface area contributed by atoms with Crippen molar-refractivity contribution in [3.8, 4) is 0 Å². The Kier molecular flexibility index (Phi) is 5.97. The van der Waals surface area contributed by atoms with E-state index in [2.05, 4.69) is 22.8 Å². The van der Waals surface area contributed by atoms with Gasteiger partial charge in [0.25, 0.3) is 0 Å². The first-order valence-electron chi connectivity index (χ1n) is 9.49. The van der Waals surface area contributed by atoms with Crippen LogP contribution in [0.2, 0.25) is 0 Å². The molecule has 3 rings (SSSR count). The van der Waals surface area contributed by atoms with Gasteiger partial charge in [-0.3, -0.25) is 0 Å². The Bertz CT molecular complexity index is 549. The fourth-order valence-corrected chi connectivity index (χ4v) is 4.06. The second-order valence-corrected chi connectivity index (χ2v) is 7.58. The molecular formula is C20H30N2O3. The molecule has 0 spiro atoms. The molecule has 1 aromatic rings. The topological polar surface area (TPSA) is 70.6 Å². The minimum Gasteiger partial charge on any atom is -0.388 e. The number of carbonyl (C=O) groups excluding carboxylic acids is 1. The van der Waals surface area contributed by atoms with Gasteiger partial charge in [-0.05, 0) is 31.2 Å². The summed E-state index contributed by atoms with van der Waals surface area (Å²) in [6.45, 7) is 2.36. The molecule has 1 aliphatic carbocycles. The molecule has 25 heavy (non-hydrogen) atoms. The van der Waals surface area contributed by atoms with E-state index in [9.17, 15) is 9.90 Å². The van der Waals surface area contributed by atoms with E-state index in [0.29, 0.717) is 13.1 Å². The second-order valence-electron chi connectivity index (χ2n) is 7.58. The molecule has 0 radical (unpaired) electrons. The number of amides is 2. The lowest BCUT2D eigenvalue weighted by Crippen LogP contribution is -2.51. The molecule has 5 heteroatoms. The maximum absolute atomic E-state index is 12.3. The number of hydrogen-bond donors (Lipinski definition) is 3. The lowest BCUT2D eigenvalue weighted by molar-refractivity contribution is 0.00706. The first-order valence-corrected chi connectivity index (χ1v) is 9.49. The predicted octanol–water partition coefficient (Wildman–Crippen LogP) is 2.73. The molecule has 0 bridgehead atoms. The number of nitrogens with one attached hydrogen (secondary N) is 2. The van der Waals surface area contributed by atoms with E-state index >= 15 is 0 Å². The van der Waals surface area contributed by atoms with Crippen LogP contribution in [0, 0.1) is 0 Å². The van der Waals surface area contributed by atoms with Gasteiger partial charge in [0, 0.05) is 31.7 Å². The van der Waals surface area contributed by atoms with E-state index in [1.54, 1.807) is 0 Å². The Labute approximate surface area is 150 Å². The highest BCUT2D eigenvalue weighted by Crippen LogP contribution is 2.34. The van der Waals surface area contributed by atoms with Crippen LogP contribution in [0.3, 0.4) is 0 Å². The molecule has 0 unspecified atom stereocenters. The zero-order valence-electron chi connectivity index (χ0n) is 14.9. The molecular weight excluding hydrogens is 316 g/mol. The van der Waals surface area contributed by atoms with Gasteiger partial charge in [0.05, 0.1) is 5.60 Å². The van der Waals surface area contributed by atoms with Crippen molar-refractivity contribution >= 4 is 6.03 Å². The smallest absolute Gasteiger partial charge is 0.314 e. The highest BCUT2D eigenvalue weighted by Gasteiger charge is 2.35. The molecule has 3 N–H and O–H groups in total. The number of urea groups is 1. The Morgan fingerprint density at radius 2 is 1.60 bits per heavy atom. The third-order valence-corrected chi connectivity index (χ3v) is 5.79. The Balaban J connectivity index is 1.55. The maximum Gasteiger partial charge on any atom is 0.314 e. The summed E-state index contributed by atoms with van der Waals surface area (Å²) in [5.74, 6) is 0. The number of ether oxygens (including phenoxy) is 1. The summed E-state index contributed by atoms with van der Waals surface area (Å²) < 4.78 is 5.53. The van der Waals surface area contributed by atoms with Crippen molar-refractivity contribution in [2.45, 2.75) is 56.0 Å². The SMILES string of the molecule is O=C(NCC1(O)CCCCC1)NCC1(c2ccccc2)CCOCC1. The molecule has 1 heterocycles. The third-order valence-electron chi connectivity index (χ3n) is 5.79. The molecule has 2 aliphatic rings. The van der Waals surface area contributed by atoms with E-state index in [4.69, 9.17) is 4.74 Å². The van der Waals surface area contributed by atoms with Gasteiger partial charge in [-0.25, -0.2) is 4.79 Å². The summed E-state index contributed by atoms with van der Waals surface area (Å²) in [5, 5.41) is 16.4. The molecule has 1 saturated carbocycles. The van der Waals surface area contributed by atoms with E-state index in [1.165, 1.54) is 12.0 Å². The minimum absolute atomic E-state index is 0.0708. The Morgan fingerprint density at radius 1 is 0.960 bits per heavy atom. The molecule has 0 atom stereocenters. The van der Waals surface area contributed by atoms with Crippen molar-refractivity contribution in [2.24, 2.45) is 0 Å². The average Bonchev–Trinajstić information content (AvgIpc) is 2.67. The van der Waals surface area contributed by atoms with Crippen molar-refractivity contribution in [3.05, 3.63) is 35.9 Å². The molecule has 1 aliphatic heterocycles. The summed E-state index contributed by atoms with van der Waals surface area (Å²) in [6.07, 6.45) is 6.61. The van der Waals surface area contributed by atoms with Gasteiger partial charge in [0.1, 0.15) is 0 Å². The number of rotatable bonds is 5. The van der Waals surface area contributed by atoms with E-state index in [-0.39, 0.29) is 11.4 Å². The fourth-order valence-electron chi connectivity index (χ4n) is 4.06. The van der Waals surface area contributed by atoms with Crippen molar-refractivity contribution in [1.29, 1.82) is 0 Å². The van der Waals surface area contributed by atoms with Gasteiger partial charge in [-0.15, -0.1) is 0 Å². The van der Waals surface area contributed by atoms with Crippen molar-refractivity contribution < 1.29 is 14.6 Å². The van der Waals surface area contributed by atoms with Crippen molar-refractivity contribution in [2.75, 3.05) is 26.3 Å². The van der Waals surface area contributed by atoms with E-state index in [0.717, 1.165) is 51.7 Å². The predicted molar refractivity (Wildman–Crippen MR) is 97.6 cm³/mol. The molecule has 1 aromatic carbocycles. The summed E-state index contributed by atoms with van der Waals surface area (Å²) in [6, 6.07) is 10.2. The number of benzene rings is 1.